The topological polar surface area (TPSA) is 28.2 Å². The number of nitrogens with one attached hydrogen (secondary N) is 1. The van der Waals surface area contributed by atoms with Crippen molar-refractivity contribution in [3.8, 4) is 0 Å². The van der Waals surface area contributed by atoms with Crippen molar-refractivity contribution in [3.63, 3.8) is 0 Å². The van der Waals surface area contributed by atoms with Gasteiger partial charge >= 0.3 is 0 Å². The fraction of sp³-hybridized carbons (Fsp3) is 0.786. The molecule has 0 amide bonds. The fourth-order valence-corrected chi connectivity index (χ4v) is 4.06. The van der Waals surface area contributed by atoms with Crippen LogP contribution in [0.2, 0.25) is 0 Å². The van der Waals surface area contributed by atoms with Crippen LogP contribution in [0.1, 0.15) is 31.5 Å². The molecule has 1 N–H and O–H groups in total. The number of thiazole rings is 1. The van der Waals surface area contributed by atoms with Crippen molar-refractivity contribution >= 4 is 11.3 Å². The summed E-state index contributed by atoms with van der Waals surface area (Å²) in [5.74, 6) is 1.76. The van der Waals surface area contributed by atoms with Crippen molar-refractivity contribution in [1.29, 1.82) is 0 Å². The number of aromatic nitrogens is 1. The van der Waals surface area contributed by atoms with Crippen LogP contribution in [-0.4, -0.2) is 36.1 Å². The predicted octanol–water partition coefficient (Wildman–Crippen LogP) is 2.09. The maximum atomic E-state index is 4.80. The molecule has 3 rings (SSSR count). The molecule has 100 valence electrons. The summed E-state index contributed by atoms with van der Waals surface area (Å²) in [6.07, 6.45) is 0. The Kier molecular flexibility index (Phi) is 3.20. The molecule has 18 heavy (non-hydrogen) atoms. The molecular formula is C14H23N3S. The van der Waals surface area contributed by atoms with Crippen LogP contribution < -0.4 is 5.32 Å². The molecule has 0 aromatic carbocycles. The van der Waals surface area contributed by atoms with Gasteiger partial charge in [0.2, 0.25) is 0 Å². The van der Waals surface area contributed by atoms with Crippen LogP contribution in [0.5, 0.6) is 0 Å². The highest BCUT2D eigenvalue weighted by Crippen LogP contribution is 2.29. The first-order valence-corrected chi connectivity index (χ1v) is 7.78. The zero-order valence-corrected chi connectivity index (χ0v) is 12.4. The minimum Gasteiger partial charge on any atom is -0.316 e. The van der Waals surface area contributed by atoms with Gasteiger partial charge in [0.25, 0.3) is 0 Å². The third kappa shape index (κ3) is 2.46. The Morgan fingerprint density at radius 3 is 2.56 bits per heavy atom. The highest BCUT2D eigenvalue weighted by Gasteiger charge is 2.36. The summed E-state index contributed by atoms with van der Waals surface area (Å²) in [6.45, 7) is 12.7. The van der Waals surface area contributed by atoms with Crippen molar-refractivity contribution < 1.29 is 0 Å². The Morgan fingerprint density at radius 2 is 2.00 bits per heavy atom. The SMILES string of the molecule is CC(C)(C)c1csc(CN2CC3CNCC3C2)n1. The molecule has 1 aromatic heterocycles. The predicted molar refractivity (Wildman–Crippen MR) is 75.9 cm³/mol. The molecule has 1 aromatic rings. The van der Waals surface area contributed by atoms with E-state index in [-0.39, 0.29) is 5.41 Å². The third-order valence-electron chi connectivity index (χ3n) is 4.14. The highest BCUT2D eigenvalue weighted by atomic mass is 32.1. The smallest absolute Gasteiger partial charge is 0.107 e. The lowest BCUT2D eigenvalue weighted by molar-refractivity contribution is 0.304. The minimum atomic E-state index is 0.181. The van der Waals surface area contributed by atoms with Gasteiger partial charge in [-0.15, -0.1) is 11.3 Å². The van der Waals surface area contributed by atoms with Crippen LogP contribution in [-0.2, 0) is 12.0 Å². The molecule has 2 saturated heterocycles. The molecule has 3 nitrogen and oxygen atoms in total. The van der Waals surface area contributed by atoms with E-state index >= 15 is 0 Å². The molecule has 2 aliphatic rings. The summed E-state index contributed by atoms with van der Waals surface area (Å²) in [6, 6.07) is 0. The second-order valence-corrected chi connectivity index (χ2v) is 7.69. The second kappa shape index (κ2) is 4.58. The van der Waals surface area contributed by atoms with E-state index in [4.69, 9.17) is 4.98 Å². The largest absolute Gasteiger partial charge is 0.316 e. The van der Waals surface area contributed by atoms with Gasteiger partial charge in [0.05, 0.1) is 12.2 Å². The van der Waals surface area contributed by atoms with Crippen LogP contribution in [0.15, 0.2) is 5.38 Å². The van der Waals surface area contributed by atoms with E-state index in [9.17, 15) is 0 Å². The molecule has 2 fully saturated rings. The van der Waals surface area contributed by atoms with Gasteiger partial charge in [-0.2, -0.15) is 0 Å². The highest BCUT2D eigenvalue weighted by molar-refractivity contribution is 7.09. The molecule has 2 atom stereocenters. The van der Waals surface area contributed by atoms with E-state index in [1.807, 2.05) is 11.3 Å². The molecule has 0 bridgehead atoms. The molecule has 0 spiro atoms. The van der Waals surface area contributed by atoms with Gasteiger partial charge in [-0.1, -0.05) is 20.8 Å². The minimum absolute atomic E-state index is 0.181. The maximum absolute atomic E-state index is 4.80. The van der Waals surface area contributed by atoms with Crippen molar-refractivity contribution in [2.24, 2.45) is 11.8 Å². The number of nitrogens with zero attached hydrogens (tertiary/aromatic N) is 2. The van der Waals surface area contributed by atoms with Gasteiger partial charge in [0.1, 0.15) is 5.01 Å². The molecule has 0 aliphatic carbocycles. The van der Waals surface area contributed by atoms with E-state index < -0.39 is 0 Å². The van der Waals surface area contributed by atoms with Crippen LogP contribution >= 0.6 is 11.3 Å². The van der Waals surface area contributed by atoms with Crippen LogP contribution in [0, 0.1) is 11.8 Å². The number of likely N-dealkylation sites (tertiary alicyclic amines) is 1. The summed E-state index contributed by atoms with van der Waals surface area (Å²) in [4.78, 5) is 7.38. The number of rotatable bonds is 2. The molecule has 4 heteroatoms. The molecule has 0 radical (unpaired) electrons. The zero-order chi connectivity index (χ0) is 12.8. The quantitative estimate of drug-likeness (QED) is 0.887. The van der Waals surface area contributed by atoms with Crippen molar-refractivity contribution in [3.05, 3.63) is 16.1 Å². The Labute approximate surface area is 114 Å². The summed E-state index contributed by atoms with van der Waals surface area (Å²) in [5, 5.41) is 7.01. The Bertz CT molecular complexity index is 409. The molecule has 2 aliphatic heterocycles. The van der Waals surface area contributed by atoms with Crippen LogP contribution in [0.4, 0.5) is 0 Å². The molecule has 0 saturated carbocycles. The van der Waals surface area contributed by atoms with Crippen molar-refractivity contribution in [1.82, 2.24) is 15.2 Å². The van der Waals surface area contributed by atoms with E-state index in [1.54, 1.807) is 0 Å². The first kappa shape index (κ1) is 12.6. The van der Waals surface area contributed by atoms with Gasteiger partial charge in [-0.25, -0.2) is 4.98 Å². The van der Waals surface area contributed by atoms with Gasteiger partial charge in [-0.3, -0.25) is 4.90 Å². The summed E-state index contributed by atoms with van der Waals surface area (Å²) in [7, 11) is 0. The number of hydrogen-bond acceptors (Lipinski definition) is 4. The van der Waals surface area contributed by atoms with E-state index in [2.05, 4.69) is 36.4 Å². The van der Waals surface area contributed by atoms with Gasteiger partial charge in [0, 0.05) is 23.9 Å². The Hall–Kier alpha value is -0.450. The Morgan fingerprint density at radius 1 is 1.33 bits per heavy atom. The fourth-order valence-electron chi connectivity index (χ4n) is 3.00. The summed E-state index contributed by atoms with van der Waals surface area (Å²) >= 11 is 1.82. The van der Waals surface area contributed by atoms with Crippen LogP contribution in [0.3, 0.4) is 0 Å². The second-order valence-electron chi connectivity index (χ2n) is 6.75. The van der Waals surface area contributed by atoms with Gasteiger partial charge < -0.3 is 5.32 Å². The maximum Gasteiger partial charge on any atom is 0.107 e. The standard InChI is InChI=1S/C14H23N3S/c1-14(2,3)12-9-18-13(16-12)8-17-6-10-4-15-5-11(10)7-17/h9-11,15H,4-8H2,1-3H3. The number of hydrogen-bond donors (Lipinski definition) is 1. The van der Waals surface area contributed by atoms with Gasteiger partial charge in [0.15, 0.2) is 0 Å². The summed E-state index contributed by atoms with van der Waals surface area (Å²) in [5.41, 5.74) is 1.42. The molecule has 2 unspecified atom stereocenters. The average Bonchev–Trinajstić information content (AvgIpc) is 2.90. The number of fused-ring (bicyclic) bond motifs is 1. The molecular weight excluding hydrogens is 242 g/mol. The van der Waals surface area contributed by atoms with Crippen molar-refractivity contribution in [2.45, 2.75) is 32.7 Å². The lowest BCUT2D eigenvalue weighted by atomic mass is 9.93. The summed E-state index contributed by atoms with van der Waals surface area (Å²) < 4.78 is 0. The van der Waals surface area contributed by atoms with E-state index in [0.29, 0.717) is 0 Å². The lowest BCUT2D eigenvalue weighted by Crippen LogP contribution is -2.25. The first-order valence-electron chi connectivity index (χ1n) is 6.90. The average molecular weight is 265 g/mol. The molecule has 3 heterocycles. The monoisotopic (exact) mass is 265 g/mol. The lowest BCUT2D eigenvalue weighted by Gasteiger charge is -2.16. The van der Waals surface area contributed by atoms with E-state index in [0.717, 1.165) is 18.4 Å². The Balaban J connectivity index is 1.62. The first-order chi connectivity index (χ1) is 8.52. The van der Waals surface area contributed by atoms with Crippen LogP contribution in [0.25, 0.3) is 0 Å². The van der Waals surface area contributed by atoms with Gasteiger partial charge in [-0.05, 0) is 24.9 Å². The van der Waals surface area contributed by atoms with Crippen molar-refractivity contribution in [2.75, 3.05) is 26.2 Å². The normalized spacial score (nSPS) is 28.8. The van der Waals surface area contributed by atoms with E-state index in [1.165, 1.54) is 36.9 Å². The zero-order valence-electron chi connectivity index (χ0n) is 11.6. The third-order valence-corrected chi connectivity index (χ3v) is 4.98.